The first-order chi connectivity index (χ1) is 8.56. The zero-order valence-corrected chi connectivity index (χ0v) is 9.88. The summed E-state index contributed by atoms with van der Waals surface area (Å²) < 4.78 is 5.65. The lowest BCUT2D eigenvalue weighted by molar-refractivity contribution is 0.0995. The van der Waals surface area contributed by atoms with Crippen molar-refractivity contribution >= 4 is 11.6 Å². The Labute approximate surface area is 104 Å². The lowest BCUT2D eigenvalue weighted by Gasteiger charge is -2.09. The number of carbonyl (C=O) groups is 1. The monoisotopic (exact) mass is 243 g/mol. The highest BCUT2D eigenvalue weighted by Gasteiger charge is 2.06. The highest BCUT2D eigenvalue weighted by atomic mass is 16.5. The molecule has 2 rings (SSSR count). The van der Waals surface area contributed by atoms with Crippen LogP contribution >= 0.6 is 0 Å². The summed E-state index contributed by atoms with van der Waals surface area (Å²) in [7, 11) is 0. The first-order valence-corrected chi connectivity index (χ1v) is 5.36. The zero-order chi connectivity index (χ0) is 13.1. The summed E-state index contributed by atoms with van der Waals surface area (Å²) in [5.41, 5.74) is 12.6. The first-order valence-electron chi connectivity index (χ1n) is 5.36. The van der Waals surface area contributed by atoms with E-state index in [9.17, 15) is 4.79 Å². The van der Waals surface area contributed by atoms with Crippen LogP contribution in [0.15, 0.2) is 36.5 Å². The SMILES string of the molecule is Cc1ccc(N)cc1Oc1ccnc(C(N)=O)c1. The summed E-state index contributed by atoms with van der Waals surface area (Å²) in [6.07, 6.45) is 1.47. The fraction of sp³-hybridized carbons (Fsp3) is 0.0769. The van der Waals surface area contributed by atoms with Crippen LogP contribution in [0.25, 0.3) is 0 Å². The van der Waals surface area contributed by atoms with Crippen LogP contribution in [0, 0.1) is 6.92 Å². The Balaban J connectivity index is 2.31. The van der Waals surface area contributed by atoms with Gasteiger partial charge in [0.15, 0.2) is 0 Å². The number of pyridine rings is 1. The van der Waals surface area contributed by atoms with Crippen LogP contribution in [0.1, 0.15) is 16.1 Å². The van der Waals surface area contributed by atoms with E-state index in [1.807, 2.05) is 13.0 Å². The van der Waals surface area contributed by atoms with Gasteiger partial charge in [0.05, 0.1) is 0 Å². The van der Waals surface area contributed by atoms with Crippen LogP contribution in [0.2, 0.25) is 0 Å². The maximum absolute atomic E-state index is 11.0. The van der Waals surface area contributed by atoms with Gasteiger partial charge >= 0.3 is 0 Å². The quantitative estimate of drug-likeness (QED) is 0.805. The molecule has 0 unspecified atom stereocenters. The van der Waals surface area contributed by atoms with Crippen molar-refractivity contribution in [3.8, 4) is 11.5 Å². The van der Waals surface area contributed by atoms with Crippen LogP contribution in [0.5, 0.6) is 11.5 Å². The van der Waals surface area contributed by atoms with E-state index in [1.54, 1.807) is 18.2 Å². The van der Waals surface area contributed by atoms with Gasteiger partial charge in [-0.3, -0.25) is 9.78 Å². The molecule has 5 heteroatoms. The third-order valence-corrected chi connectivity index (χ3v) is 2.42. The summed E-state index contributed by atoms with van der Waals surface area (Å²) in [6, 6.07) is 8.52. The molecule has 1 heterocycles. The Hall–Kier alpha value is -2.56. The lowest BCUT2D eigenvalue weighted by Crippen LogP contribution is -2.12. The van der Waals surface area contributed by atoms with Gasteiger partial charge < -0.3 is 16.2 Å². The molecule has 18 heavy (non-hydrogen) atoms. The van der Waals surface area contributed by atoms with E-state index in [0.29, 0.717) is 17.2 Å². The van der Waals surface area contributed by atoms with Crippen LogP contribution < -0.4 is 16.2 Å². The first kappa shape index (κ1) is 11.9. The molecule has 1 aromatic heterocycles. The lowest BCUT2D eigenvalue weighted by atomic mass is 10.2. The highest BCUT2D eigenvalue weighted by Crippen LogP contribution is 2.26. The summed E-state index contributed by atoms with van der Waals surface area (Å²) in [6.45, 7) is 1.91. The molecule has 92 valence electrons. The number of hydrogen-bond donors (Lipinski definition) is 2. The normalized spacial score (nSPS) is 10.1. The van der Waals surface area contributed by atoms with Crippen molar-refractivity contribution < 1.29 is 9.53 Å². The van der Waals surface area contributed by atoms with Gasteiger partial charge in [-0.15, -0.1) is 0 Å². The van der Waals surface area contributed by atoms with Gasteiger partial charge in [-0.2, -0.15) is 0 Å². The number of primary amides is 1. The molecule has 0 bridgehead atoms. The second-order valence-corrected chi connectivity index (χ2v) is 3.87. The predicted molar refractivity (Wildman–Crippen MR) is 68.4 cm³/mol. The van der Waals surface area contributed by atoms with Crippen LogP contribution in [-0.2, 0) is 0 Å². The predicted octanol–water partition coefficient (Wildman–Crippen LogP) is 1.86. The maximum atomic E-state index is 11.0. The molecule has 5 nitrogen and oxygen atoms in total. The zero-order valence-electron chi connectivity index (χ0n) is 9.88. The standard InChI is InChI=1S/C13H13N3O2/c1-8-2-3-9(14)6-12(8)18-10-4-5-16-11(7-10)13(15)17/h2-7H,14H2,1H3,(H2,15,17). The van der Waals surface area contributed by atoms with E-state index in [0.717, 1.165) is 5.56 Å². The molecule has 0 saturated carbocycles. The number of anilines is 1. The average Bonchev–Trinajstić information content (AvgIpc) is 2.34. The van der Waals surface area contributed by atoms with E-state index >= 15 is 0 Å². The number of aryl methyl sites for hydroxylation is 1. The van der Waals surface area contributed by atoms with Crippen molar-refractivity contribution in [3.63, 3.8) is 0 Å². The van der Waals surface area contributed by atoms with Gasteiger partial charge in [0, 0.05) is 24.0 Å². The molecule has 4 N–H and O–H groups in total. The minimum Gasteiger partial charge on any atom is -0.457 e. The molecule has 0 radical (unpaired) electrons. The number of nitrogens with two attached hydrogens (primary N) is 2. The number of rotatable bonds is 3. The van der Waals surface area contributed by atoms with Gasteiger partial charge in [-0.05, 0) is 24.6 Å². The van der Waals surface area contributed by atoms with Gasteiger partial charge in [-0.25, -0.2) is 0 Å². The van der Waals surface area contributed by atoms with Crippen molar-refractivity contribution in [3.05, 3.63) is 47.8 Å². The third-order valence-electron chi connectivity index (χ3n) is 2.42. The van der Waals surface area contributed by atoms with Gasteiger partial charge in [-0.1, -0.05) is 6.07 Å². The maximum Gasteiger partial charge on any atom is 0.267 e. The second kappa shape index (κ2) is 4.75. The minimum atomic E-state index is -0.593. The molecule has 0 aliphatic carbocycles. The topological polar surface area (TPSA) is 91.2 Å². The Bertz CT molecular complexity index is 597. The van der Waals surface area contributed by atoms with Crippen LogP contribution in [0.4, 0.5) is 5.69 Å². The number of hydrogen-bond acceptors (Lipinski definition) is 4. The van der Waals surface area contributed by atoms with Crippen molar-refractivity contribution in [2.24, 2.45) is 5.73 Å². The number of carbonyl (C=O) groups excluding carboxylic acids is 1. The van der Waals surface area contributed by atoms with E-state index in [2.05, 4.69) is 4.98 Å². The Kier molecular flexibility index (Phi) is 3.14. The molecule has 0 aliphatic rings. The van der Waals surface area contributed by atoms with Crippen molar-refractivity contribution in [1.29, 1.82) is 0 Å². The number of nitrogens with zero attached hydrogens (tertiary/aromatic N) is 1. The Morgan fingerprint density at radius 2 is 2.06 bits per heavy atom. The number of aromatic nitrogens is 1. The van der Waals surface area contributed by atoms with Gasteiger partial charge in [0.2, 0.25) is 0 Å². The molecule has 1 aromatic carbocycles. The third kappa shape index (κ3) is 2.57. The van der Waals surface area contributed by atoms with Crippen molar-refractivity contribution in [1.82, 2.24) is 4.98 Å². The summed E-state index contributed by atoms with van der Waals surface area (Å²) in [4.78, 5) is 14.9. The molecule has 0 aliphatic heterocycles. The Morgan fingerprint density at radius 3 is 2.78 bits per heavy atom. The van der Waals surface area contributed by atoms with E-state index in [4.69, 9.17) is 16.2 Å². The summed E-state index contributed by atoms with van der Waals surface area (Å²) in [5, 5.41) is 0. The van der Waals surface area contributed by atoms with Crippen LogP contribution in [-0.4, -0.2) is 10.9 Å². The molecular weight excluding hydrogens is 230 g/mol. The number of nitrogen functional groups attached to an aromatic ring is 1. The van der Waals surface area contributed by atoms with Crippen molar-refractivity contribution in [2.75, 3.05) is 5.73 Å². The smallest absolute Gasteiger partial charge is 0.267 e. The molecule has 0 fully saturated rings. The highest BCUT2D eigenvalue weighted by molar-refractivity contribution is 5.91. The molecule has 0 spiro atoms. The van der Waals surface area contributed by atoms with E-state index in [1.165, 1.54) is 12.3 Å². The summed E-state index contributed by atoms with van der Waals surface area (Å²) >= 11 is 0. The fourth-order valence-corrected chi connectivity index (χ4v) is 1.46. The average molecular weight is 243 g/mol. The van der Waals surface area contributed by atoms with Gasteiger partial charge in [0.1, 0.15) is 17.2 Å². The molecule has 0 saturated heterocycles. The van der Waals surface area contributed by atoms with E-state index in [-0.39, 0.29) is 5.69 Å². The molecule has 1 amide bonds. The molecule has 0 atom stereocenters. The van der Waals surface area contributed by atoms with Gasteiger partial charge in [0.25, 0.3) is 5.91 Å². The molecular formula is C13H13N3O2. The fourth-order valence-electron chi connectivity index (χ4n) is 1.46. The largest absolute Gasteiger partial charge is 0.457 e. The van der Waals surface area contributed by atoms with Crippen LogP contribution in [0.3, 0.4) is 0 Å². The second-order valence-electron chi connectivity index (χ2n) is 3.87. The Morgan fingerprint density at radius 1 is 1.28 bits per heavy atom. The number of amides is 1. The molecule has 2 aromatic rings. The van der Waals surface area contributed by atoms with E-state index < -0.39 is 5.91 Å². The van der Waals surface area contributed by atoms with Crippen molar-refractivity contribution in [2.45, 2.75) is 6.92 Å². The minimum absolute atomic E-state index is 0.161. The number of ether oxygens (including phenoxy) is 1. The summed E-state index contributed by atoms with van der Waals surface area (Å²) in [5.74, 6) is 0.536. The number of benzene rings is 1.